The molecule has 0 saturated carbocycles. The number of carbonyl (C=O) groups is 2. The molecule has 0 fully saturated rings. The predicted octanol–water partition coefficient (Wildman–Crippen LogP) is 0.683. The quantitative estimate of drug-likeness (QED) is 0.491. The average Bonchev–Trinajstić information content (AvgIpc) is 2.79. The Morgan fingerprint density at radius 1 is 1.43 bits per heavy atom. The van der Waals surface area contributed by atoms with E-state index in [0.717, 1.165) is 13.1 Å². The van der Waals surface area contributed by atoms with Crippen molar-refractivity contribution >= 4 is 11.9 Å². The maximum Gasteiger partial charge on any atom is 0.435 e. The fourth-order valence-electron chi connectivity index (χ4n) is 1.43. The minimum Gasteiger partial charge on any atom is -0.466 e. The number of hydrogen-bond donors (Lipinski definition) is 1. The van der Waals surface area contributed by atoms with E-state index < -0.39 is 29.4 Å². The molecule has 0 aliphatic heterocycles. The summed E-state index contributed by atoms with van der Waals surface area (Å²) in [5.74, 6) is -1.54. The van der Waals surface area contributed by atoms with Gasteiger partial charge in [0, 0.05) is 19.7 Å². The van der Waals surface area contributed by atoms with Gasteiger partial charge in [-0.25, -0.2) is 9.48 Å². The fourth-order valence-corrected chi connectivity index (χ4v) is 1.43. The predicted molar refractivity (Wildman–Crippen MR) is 64.1 cm³/mol. The van der Waals surface area contributed by atoms with Gasteiger partial charge in [0.05, 0.1) is 7.11 Å². The first-order chi connectivity index (χ1) is 9.77. The zero-order chi connectivity index (χ0) is 16.0. The number of amides is 1. The van der Waals surface area contributed by atoms with E-state index in [2.05, 4.69) is 20.4 Å². The monoisotopic (exact) mass is 306 g/mol. The molecular formula is C11H13F3N4O3. The Labute approximate surface area is 117 Å². The molecular weight excluding hydrogens is 293 g/mol. The molecule has 1 rings (SSSR count). The lowest BCUT2D eigenvalue weighted by Gasteiger charge is -2.08. The molecule has 7 nitrogen and oxygen atoms in total. The maximum absolute atomic E-state index is 12.7. The van der Waals surface area contributed by atoms with E-state index in [0.29, 0.717) is 4.68 Å². The molecule has 0 saturated heterocycles. The van der Waals surface area contributed by atoms with Crippen LogP contribution in [-0.2, 0) is 22.8 Å². The minimum atomic E-state index is -4.73. The number of carbonyl (C=O) groups excluding carboxylic acids is 2. The van der Waals surface area contributed by atoms with Gasteiger partial charge in [-0.2, -0.15) is 13.2 Å². The van der Waals surface area contributed by atoms with E-state index in [-0.39, 0.29) is 13.0 Å². The number of methoxy groups -OCH3 is 1. The standard InChI is InChI=1S/C11H13F3N4O3/c1-18-9(11(12,13)14)8(16-17-18)10(20)15-6-4-3-5-7(19)21-2/h3,5H,4,6H2,1-2H3,(H,15,20)/b5-3+. The first kappa shape index (κ1) is 16.7. The second-order valence-corrected chi connectivity index (χ2v) is 3.88. The summed E-state index contributed by atoms with van der Waals surface area (Å²) in [6.07, 6.45) is -1.90. The molecule has 1 N–H and O–H groups in total. The van der Waals surface area contributed by atoms with Crippen LogP contribution in [0.2, 0.25) is 0 Å². The summed E-state index contributed by atoms with van der Waals surface area (Å²) in [7, 11) is 2.26. The van der Waals surface area contributed by atoms with Crippen LogP contribution >= 0.6 is 0 Å². The molecule has 1 aromatic rings. The third kappa shape index (κ3) is 4.58. The van der Waals surface area contributed by atoms with Crippen molar-refractivity contribution in [3.8, 4) is 0 Å². The Bertz CT molecular complexity index is 551. The molecule has 0 atom stereocenters. The first-order valence-corrected chi connectivity index (χ1v) is 5.77. The lowest BCUT2D eigenvalue weighted by atomic mass is 10.3. The van der Waals surface area contributed by atoms with E-state index in [1.807, 2.05) is 0 Å². The van der Waals surface area contributed by atoms with Crippen molar-refractivity contribution < 1.29 is 27.5 Å². The summed E-state index contributed by atoms with van der Waals surface area (Å²) in [5, 5.41) is 8.66. The molecule has 1 aromatic heterocycles. The van der Waals surface area contributed by atoms with Gasteiger partial charge in [0.1, 0.15) is 0 Å². The maximum atomic E-state index is 12.7. The molecule has 0 bridgehead atoms. The Hall–Kier alpha value is -2.39. The third-order valence-electron chi connectivity index (χ3n) is 2.36. The van der Waals surface area contributed by atoms with E-state index in [1.165, 1.54) is 13.2 Å². The molecule has 0 aliphatic carbocycles. The highest BCUT2D eigenvalue weighted by Crippen LogP contribution is 2.30. The number of nitrogens with zero attached hydrogens (tertiary/aromatic N) is 3. The van der Waals surface area contributed by atoms with E-state index in [9.17, 15) is 22.8 Å². The van der Waals surface area contributed by atoms with Gasteiger partial charge in [-0.15, -0.1) is 5.10 Å². The highest BCUT2D eigenvalue weighted by molar-refractivity contribution is 5.93. The smallest absolute Gasteiger partial charge is 0.435 e. The van der Waals surface area contributed by atoms with Crippen LogP contribution in [0.15, 0.2) is 12.2 Å². The molecule has 0 aromatic carbocycles. The van der Waals surface area contributed by atoms with Gasteiger partial charge >= 0.3 is 12.1 Å². The molecule has 1 amide bonds. The molecule has 1 heterocycles. The number of nitrogens with one attached hydrogen (secondary N) is 1. The van der Waals surface area contributed by atoms with Crippen molar-refractivity contribution in [3.63, 3.8) is 0 Å². The summed E-state index contributed by atoms with van der Waals surface area (Å²) in [5.41, 5.74) is -2.01. The van der Waals surface area contributed by atoms with Gasteiger partial charge in [0.25, 0.3) is 5.91 Å². The number of esters is 1. The summed E-state index contributed by atoms with van der Waals surface area (Å²) in [6, 6.07) is 0. The van der Waals surface area contributed by atoms with Crippen molar-refractivity contribution in [3.05, 3.63) is 23.5 Å². The summed E-state index contributed by atoms with van der Waals surface area (Å²) in [6.45, 7) is 0.0419. The van der Waals surface area contributed by atoms with Crippen molar-refractivity contribution in [2.24, 2.45) is 7.05 Å². The second-order valence-electron chi connectivity index (χ2n) is 3.88. The Kier molecular flexibility index (Phi) is 5.44. The lowest BCUT2D eigenvalue weighted by Crippen LogP contribution is -2.27. The van der Waals surface area contributed by atoms with Crippen LogP contribution in [-0.4, -0.2) is 40.5 Å². The highest BCUT2D eigenvalue weighted by atomic mass is 19.4. The Morgan fingerprint density at radius 3 is 2.67 bits per heavy atom. The number of aryl methyl sites for hydroxylation is 1. The Balaban J connectivity index is 2.62. The number of hydrogen-bond acceptors (Lipinski definition) is 5. The molecule has 116 valence electrons. The van der Waals surface area contributed by atoms with Crippen molar-refractivity contribution in [1.82, 2.24) is 20.3 Å². The molecule has 0 aliphatic rings. The highest BCUT2D eigenvalue weighted by Gasteiger charge is 2.40. The van der Waals surface area contributed by atoms with Crippen LogP contribution in [0.4, 0.5) is 13.2 Å². The van der Waals surface area contributed by atoms with Gasteiger partial charge in [-0.3, -0.25) is 4.79 Å². The van der Waals surface area contributed by atoms with E-state index >= 15 is 0 Å². The van der Waals surface area contributed by atoms with E-state index in [1.54, 1.807) is 0 Å². The topological polar surface area (TPSA) is 86.1 Å². The average molecular weight is 306 g/mol. The zero-order valence-electron chi connectivity index (χ0n) is 11.3. The van der Waals surface area contributed by atoms with Gasteiger partial charge in [-0.1, -0.05) is 11.3 Å². The van der Waals surface area contributed by atoms with Crippen LogP contribution in [0.25, 0.3) is 0 Å². The largest absolute Gasteiger partial charge is 0.466 e. The molecule has 0 unspecified atom stereocenters. The molecule has 21 heavy (non-hydrogen) atoms. The van der Waals surface area contributed by atoms with Crippen molar-refractivity contribution in [1.29, 1.82) is 0 Å². The van der Waals surface area contributed by atoms with E-state index in [4.69, 9.17) is 0 Å². The number of alkyl halides is 3. The van der Waals surface area contributed by atoms with Crippen molar-refractivity contribution in [2.75, 3.05) is 13.7 Å². The lowest BCUT2D eigenvalue weighted by molar-refractivity contribution is -0.144. The number of rotatable bonds is 5. The van der Waals surface area contributed by atoms with Crippen LogP contribution in [0.1, 0.15) is 22.6 Å². The zero-order valence-corrected chi connectivity index (χ0v) is 11.3. The summed E-state index contributed by atoms with van der Waals surface area (Å²) < 4.78 is 43.0. The SMILES string of the molecule is COC(=O)/C=C/CCNC(=O)c1nnn(C)c1C(F)(F)F. The third-order valence-corrected chi connectivity index (χ3v) is 2.36. The molecule has 10 heteroatoms. The fraction of sp³-hybridized carbons (Fsp3) is 0.455. The van der Waals surface area contributed by atoms with Crippen LogP contribution in [0.3, 0.4) is 0 Å². The van der Waals surface area contributed by atoms with Crippen LogP contribution in [0, 0.1) is 0 Å². The number of aromatic nitrogens is 3. The normalized spacial score (nSPS) is 11.7. The first-order valence-electron chi connectivity index (χ1n) is 5.77. The minimum absolute atomic E-state index is 0.0419. The van der Waals surface area contributed by atoms with Gasteiger partial charge < -0.3 is 10.1 Å². The van der Waals surface area contributed by atoms with Gasteiger partial charge in [0.15, 0.2) is 11.4 Å². The number of halogens is 3. The Morgan fingerprint density at radius 2 is 2.10 bits per heavy atom. The molecule has 0 radical (unpaired) electrons. The van der Waals surface area contributed by atoms with Crippen LogP contribution in [0.5, 0.6) is 0 Å². The summed E-state index contributed by atoms with van der Waals surface area (Å²) >= 11 is 0. The number of ether oxygens (including phenoxy) is 1. The second kappa shape index (κ2) is 6.86. The van der Waals surface area contributed by atoms with Crippen molar-refractivity contribution in [2.45, 2.75) is 12.6 Å². The van der Waals surface area contributed by atoms with Gasteiger partial charge in [0.2, 0.25) is 0 Å². The van der Waals surface area contributed by atoms with Gasteiger partial charge in [-0.05, 0) is 6.42 Å². The summed E-state index contributed by atoms with van der Waals surface area (Å²) in [4.78, 5) is 22.4. The molecule has 0 spiro atoms. The van der Waals surface area contributed by atoms with Crippen LogP contribution < -0.4 is 5.32 Å².